The molecule has 3 unspecified atom stereocenters. The van der Waals surface area contributed by atoms with Gasteiger partial charge in [0.15, 0.2) is 0 Å². The van der Waals surface area contributed by atoms with Crippen LogP contribution < -0.4 is 0 Å². The minimum Gasteiger partial charge on any atom is -0.380 e. The average molecular weight is 326 g/mol. The van der Waals surface area contributed by atoms with Gasteiger partial charge in [-0.05, 0) is 31.6 Å². The first-order valence-electron chi connectivity index (χ1n) is 9.51. The lowest BCUT2D eigenvalue weighted by Crippen LogP contribution is -2.51. The van der Waals surface area contributed by atoms with E-state index in [9.17, 15) is 0 Å². The quantitative estimate of drug-likeness (QED) is 0.685. The van der Waals surface area contributed by atoms with Gasteiger partial charge in [-0.3, -0.25) is 0 Å². The fourth-order valence-electron chi connectivity index (χ4n) is 3.90. The van der Waals surface area contributed by atoms with Crippen LogP contribution in [0.3, 0.4) is 0 Å². The number of rotatable bonds is 8. The molecular formula is C19H34O4. The maximum atomic E-state index is 6.42. The van der Waals surface area contributed by atoms with E-state index in [1.807, 2.05) is 0 Å². The summed E-state index contributed by atoms with van der Waals surface area (Å²) < 4.78 is 23.6. The highest BCUT2D eigenvalue weighted by Gasteiger charge is 2.42. The highest BCUT2D eigenvalue weighted by atomic mass is 16.6. The van der Waals surface area contributed by atoms with Crippen LogP contribution >= 0.6 is 0 Å². The standard InChI is InChI=1S/C19H34O4/c1-4-18(9-20-10-18)13-22-16-8-6-7-15(3)17(16)23-14-19(5-2)11-21-12-19/h15-17H,4-14H2,1-3H3. The SMILES string of the molecule is CCC1(COC2CCCC(C)C2OCC2(CC)COC2)COC1. The second-order valence-electron chi connectivity index (χ2n) is 8.23. The number of ether oxygens (including phenoxy) is 4. The summed E-state index contributed by atoms with van der Waals surface area (Å²) in [6.07, 6.45) is 6.39. The van der Waals surface area contributed by atoms with Crippen molar-refractivity contribution >= 4 is 0 Å². The van der Waals surface area contributed by atoms with Crippen LogP contribution in [0.2, 0.25) is 0 Å². The van der Waals surface area contributed by atoms with Crippen LogP contribution in [-0.4, -0.2) is 51.8 Å². The van der Waals surface area contributed by atoms with Gasteiger partial charge < -0.3 is 18.9 Å². The molecule has 0 aromatic heterocycles. The largest absolute Gasteiger partial charge is 0.380 e. The first-order chi connectivity index (χ1) is 11.1. The number of hydrogen-bond acceptors (Lipinski definition) is 4. The average Bonchev–Trinajstić information content (AvgIpc) is 2.48. The molecular weight excluding hydrogens is 292 g/mol. The van der Waals surface area contributed by atoms with Crippen molar-refractivity contribution in [1.29, 1.82) is 0 Å². The van der Waals surface area contributed by atoms with Gasteiger partial charge in [0.25, 0.3) is 0 Å². The predicted octanol–water partition coefficient (Wildman–Crippen LogP) is 3.43. The van der Waals surface area contributed by atoms with Crippen molar-refractivity contribution in [3.8, 4) is 0 Å². The molecule has 0 radical (unpaired) electrons. The molecule has 3 aliphatic rings. The fraction of sp³-hybridized carbons (Fsp3) is 1.00. The van der Waals surface area contributed by atoms with Crippen LogP contribution in [0.5, 0.6) is 0 Å². The van der Waals surface area contributed by atoms with Crippen LogP contribution in [0.15, 0.2) is 0 Å². The third-order valence-corrected chi connectivity index (χ3v) is 6.39. The summed E-state index contributed by atoms with van der Waals surface area (Å²) in [5.41, 5.74) is 0.520. The van der Waals surface area contributed by atoms with Gasteiger partial charge >= 0.3 is 0 Å². The fourth-order valence-corrected chi connectivity index (χ4v) is 3.90. The Bertz CT molecular complexity index is 365. The van der Waals surface area contributed by atoms with Gasteiger partial charge in [0.2, 0.25) is 0 Å². The van der Waals surface area contributed by atoms with Crippen LogP contribution in [0.25, 0.3) is 0 Å². The summed E-state index contributed by atoms with van der Waals surface area (Å²) in [5, 5.41) is 0. The van der Waals surface area contributed by atoms with Crippen LogP contribution in [0.4, 0.5) is 0 Å². The van der Waals surface area contributed by atoms with E-state index in [0.717, 1.165) is 58.9 Å². The van der Waals surface area contributed by atoms with E-state index in [1.54, 1.807) is 0 Å². The summed E-state index contributed by atoms with van der Waals surface area (Å²) in [7, 11) is 0. The van der Waals surface area contributed by atoms with E-state index in [2.05, 4.69) is 20.8 Å². The molecule has 2 heterocycles. The molecule has 1 saturated carbocycles. The third-order valence-electron chi connectivity index (χ3n) is 6.39. The molecule has 3 atom stereocenters. The van der Waals surface area contributed by atoms with Crippen molar-refractivity contribution in [3.05, 3.63) is 0 Å². The van der Waals surface area contributed by atoms with Crippen molar-refractivity contribution in [2.45, 2.75) is 65.1 Å². The Morgan fingerprint density at radius 1 is 0.870 bits per heavy atom. The first kappa shape index (κ1) is 17.7. The van der Waals surface area contributed by atoms with Gasteiger partial charge in [-0.25, -0.2) is 0 Å². The molecule has 4 nitrogen and oxygen atoms in total. The zero-order chi connectivity index (χ0) is 16.3. The lowest BCUT2D eigenvalue weighted by Gasteiger charge is -2.45. The summed E-state index contributed by atoms with van der Waals surface area (Å²) in [5.74, 6) is 0.582. The Morgan fingerprint density at radius 2 is 1.43 bits per heavy atom. The van der Waals surface area contributed by atoms with Crippen molar-refractivity contribution in [1.82, 2.24) is 0 Å². The molecule has 0 bridgehead atoms. The summed E-state index contributed by atoms with van der Waals surface area (Å²) >= 11 is 0. The van der Waals surface area contributed by atoms with Crippen LogP contribution in [0, 0.1) is 16.7 Å². The van der Waals surface area contributed by atoms with Gasteiger partial charge in [-0.2, -0.15) is 0 Å². The maximum absolute atomic E-state index is 6.42. The summed E-state index contributed by atoms with van der Waals surface area (Å²) in [6.45, 7) is 11.9. The van der Waals surface area contributed by atoms with Crippen molar-refractivity contribution in [2.75, 3.05) is 39.6 Å². The topological polar surface area (TPSA) is 36.9 Å². The molecule has 134 valence electrons. The molecule has 0 N–H and O–H groups in total. The molecule has 3 fully saturated rings. The Kier molecular flexibility index (Phi) is 5.67. The third kappa shape index (κ3) is 3.76. The monoisotopic (exact) mass is 326 g/mol. The lowest BCUT2D eigenvalue weighted by atomic mass is 9.82. The lowest BCUT2D eigenvalue weighted by molar-refractivity contribution is -0.207. The van der Waals surface area contributed by atoms with E-state index in [4.69, 9.17) is 18.9 Å². The Hall–Kier alpha value is -0.160. The highest BCUT2D eigenvalue weighted by Crippen LogP contribution is 2.37. The minimum absolute atomic E-state index is 0.239. The highest BCUT2D eigenvalue weighted by molar-refractivity contribution is 4.89. The molecule has 1 aliphatic carbocycles. The van der Waals surface area contributed by atoms with Gasteiger partial charge in [0.05, 0.1) is 51.8 Å². The van der Waals surface area contributed by atoms with Crippen LogP contribution in [0.1, 0.15) is 52.9 Å². The first-order valence-corrected chi connectivity index (χ1v) is 9.51. The van der Waals surface area contributed by atoms with Crippen molar-refractivity contribution < 1.29 is 18.9 Å². The molecule has 2 saturated heterocycles. The maximum Gasteiger partial charge on any atom is 0.0862 e. The number of hydrogen-bond donors (Lipinski definition) is 0. The minimum atomic E-state index is 0.239. The molecule has 4 heteroatoms. The second-order valence-corrected chi connectivity index (χ2v) is 8.23. The molecule has 2 aliphatic heterocycles. The molecule has 23 heavy (non-hydrogen) atoms. The molecule has 0 spiro atoms. The zero-order valence-electron chi connectivity index (χ0n) is 15.1. The van der Waals surface area contributed by atoms with Gasteiger partial charge in [-0.1, -0.05) is 27.2 Å². The Balaban J connectivity index is 1.53. The van der Waals surface area contributed by atoms with Gasteiger partial charge in [0, 0.05) is 10.8 Å². The molecule has 0 amide bonds. The summed E-state index contributed by atoms with van der Waals surface area (Å²) in [4.78, 5) is 0. The van der Waals surface area contributed by atoms with E-state index < -0.39 is 0 Å². The van der Waals surface area contributed by atoms with Gasteiger partial charge in [-0.15, -0.1) is 0 Å². The predicted molar refractivity (Wildman–Crippen MR) is 89.6 cm³/mol. The van der Waals surface area contributed by atoms with Crippen molar-refractivity contribution in [3.63, 3.8) is 0 Å². The van der Waals surface area contributed by atoms with Crippen LogP contribution in [-0.2, 0) is 18.9 Å². The smallest absolute Gasteiger partial charge is 0.0862 e. The zero-order valence-corrected chi connectivity index (χ0v) is 15.1. The normalized spacial score (nSPS) is 35.3. The van der Waals surface area contributed by atoms with E-state index in [1.165, 1.54) is 12.8 Å². The van der Waals surface area contributed by atoms with Crippen molar-refractivity contribution in [2.24, 2.45) is 16.7 Å². The molecule has 0 aromatic carbocycles. The molecule has 0 aromatic rings. The second kappa shape index (κ2) is 7.38. The van der Waals surface area contributed by atoms with E-state index >= 15 is 0 Å². The molecule has 3 rings (SSSR count). The summed E-state index contributed by atoms with van der Waals surface area (Å²) in [6, 6.07) is 0. The van der Waals surface area contributed by atoms with E-state index in [0.29, 0.717) is 5.92 Å². The Morgan fingerprint density at radius 3 is 1.91 bits per heavy atom. The van der Waals surface area contributed by atoms with Gasteiger partial charge in [0.1, 0.15) is 0 Å². The Labute approximate surface area is 141 Å². The van der Waals surface area contributed by atoms with E-state index in [-0.39, 0.29) is 23.0 Å².